The standard InChI is InChI=1S/C9H10BrNO2S2/c10-5-3-7(15-4-5)8-11-6(9(12)13)1-2-14-8/h3-4,6,8,11H,1-2H2,(H,12,13). The maximum atomic E-state index is 10.9. The van der Waals surface area contributed by atoms with E-state index in [9.17, 15) is 4.79 Å². The van der Waals surface area contributed by atoms with Crippen molar-refractivity contribution in [3.63, 3.8) is 0 Å². The molecule has 0 aliphatic carbocycles. The van der Waals surface area contributed by atoms with Gasteiger partial charge in [0.1, 0.15) is 6.04 Å². The Kier molecular flexibility index (Phi) is 3.71. The molecule has 1 fully saturated rings. The Morgan fingerprint density at radius 1 is 1.67 bits per heavy atom. The van der Waals surface area contributed by atoms with Crippen LogP contribution in [0.1, 0.15) is 16.7 Å². The van der Waals surface area contributed by atoms with Crippen LogP contribution in [0.4, 0.5) is 0 Å². The van der Waals surface area contributed by atoms with Crippen molar-refractivity contribution < 1.29 is 9.90 Å². The Morgan fingerprint density at radius 3 is 3.07 bits per heavy atom. The summed E-state index contributed by atoms with van der Waals surface area (Å²) in [5.74, 6) is 0.139. The predicted molar refractivity (Wildman–Crippen MR) is 66.4 cm³/mol. The van der Waals surface area contributed by atoms with E-state index < -0.39 is 12.0 Å². The van der Waals surface area contributed by atoms with E-state index in [-0.39, 0.29) is 5.37 Å². The predicted octanol–water partition coefficient (Wildman–Crippen LogP) is 2.69. The average Bonchev–Trinajstić information content (AvgIpc) is 2.65. The quantitative estimate of drug-likeness (QED) is 0.882. The van der Waals surface area contributed by atoms with Crippen LogP contribution in [0, 0.1) is 0 Å². The van der Waals surface area contributed by atoms with E-state index in [2.05, 4.69) is 21.2 Å². The zero-order chi connectivity index (χ0) is 10.8. The van der Waals surface area contributed by atoms with E-state index in [1.54, 1.807) is 23.1 Å². The van der Waals surface area contributed by atoms with Gasteiger partial charge in [0.2, 0.25) is 0 Å². The lowest BCUT2D eigenvalue weighted by Gasteiger charge is -2.27. The molecule has 2 rings (SSSR count). The van der Waals surface area contributed by atoms with Gasteiger partial charge in [0.05, 0.1) is 5.37 Å². The first-order chi connectivity index (χ1) is 7.16. The summed E-state index contributed by atoms with van der Waals surface area (Å²) in [6, 6.07) is 1.64. The van der Waals surface area contributed by atoms with Crippen LogP contribution < -0.4 is 5.32 Å². The third-order valence-corrected chi connectivity index (χ3v) is 5.29. The zero-order valence-electron chi connectivity index (χ0n) is 7.77. The summed E-state index contributed by atoms with van der Waals surface area (Å²) in [7, 11) is 0. The van der Waals surface area contributed by atoms with E-state index in [4.69, 9.17) is 5.11 Å². The average molecular weight is 308 g/mol. The van der Waals surface area contributed by atoms with Gasteiger partial charge in [-0.05, 0) is 34.2 Å². The van der Waals surface area contributed by atoms with Crippen LogP contribution in [0.15, 0.2) is 15.9 Å². The molecule has 0 amide bonds. The lowest BCUT2D eigenvalue weighted by molar-refractivity contribution is -0.139. The molecular formula is C9H10BrNO2S2. The first-order valence-corrected chi connectivity index (χ1v) is 7.23. The first kappa shape index (κ1) is 11.4. The number of thioether (sulfide) groups is 1. The number of halogens is 1. The summed E-state index contributed by atoms with van der Waals surface area (Å²) in [4.78, 5) is 12.0. The summed E-state index contributed by atoms with van der Waals surface area (Å²) in [6.45, 7) is 0. The van der Waals surface area contributed by atoms with Crippen LogP contribution in [0.2, 0.25) is 0 Å². The summed E-state index contributed by atoms with van der Waals surface area (Å²) in [6.07, 6.45) is 0.697. The first-order valence-electron chi connectivity index (χ1n) is 4.51. The molecule has 3 nitrogen and oxygen atoms in total. The number of carboxylic acids is 1. The lowest BCUT2D eigenvalue weighted by atomic mass is 10.2. The van der Waals surface area contributed by atoms with E-state index in [1.165, 1.54) is 4.88 Å². The molecule has 2 heterocycles. The molecule has 1 aliphatic heterocycles. The van der Waals surface area contributed by atoms with Crippen molar-refractivity contribution in [3.05, 3.63) is 20.8 Å². The van der Waals surface area contributed by atoms with Crippen LogP contribution in [0.5, 0.6) is 0 Å². The number of thiophene rings is 1. The molecule has 6 heteroatoms. The smallest absolute Gasteiger partial charge is 0.320 e. The van der Waals surface area contributed by atoms with Gasteiger partial charge in [-0.2, -0.15) is 0 Å². The molecule has 1 aromatic rings. The number of hydrogen-bond acceptors (Lipinski definition) is 4. The fraction of sp³-hybridized carbons (Fsp3) is 0.444. The van der Waals surface area contributed by atoms with Gasteiger partial charge in [-0.15, -0.1) is 23.1 Å². The molecule has 82 valence electrons. The molecule has 1 saturated heterocycles. The van der Waals surface area contributed by atoms with Crippen LogP contribution in [-0.4, -0.2) is 22.9 Å². The molecule has 1 aromatic heterocycles. The second kappa shape index (κ2) is 4.86. The molecule has 0 bridgehead atoms. The van der Waals surface area contributed by atoms with Gasteiger partial charge in [-0.25, -0.2) is 0 Å². The Bertz CT molecular complexity index is 369. The van der Waals surface area contributed by atoms with Crippen molar-refractivity contribution in [2.24, 2.45) is 0 Å². The lowest BCUT2D eigenvalue weighted by Crippen LogP contribution is -2.41. The van der Waals surface area contributed by atoms with Crippen molar-refractivity contribution in [3.8, 4) is 0 Å². The van der Waals surface area contributed by atoms with Crippen LogP contribution >= 0.6 is 39.0 Å². The van der Waals surface area contributed by atoms with Gasteiger partial charge >= 0.3 is 5.97 Å². The minimum Gasteiger partial charge on any atom is -0.480 e. The summed E-state index contributed by atoms with van der Waals surface area (Å²) < 4.78 is 1.06. The molecular weight excluding hydrogens is 298 g/mol. The van der Waals surface area contributed by atoms with Crippen molar-refractivity contribution in [2.75, 3.05) is 5.75 Å². The number of carbonyl (C=O) groups is 1. The highest BCUT2D eigenvalue weighted by atomic mass is 79.9. The molecule has 0 spiro atoms. The fourth-order valence-electron chi connectivity index (χ4n) is 1.44. The third-order valence-electron chi connectivity index (χ3n) is 2.19. The molecule has 2 atom stereocenters. The normalized spacial score (nSPS) is 26.5. The molecule has 2 unspecified atom stereocenters. The van der Waals surface area contributed by atoms with Crippen LogP contribution in [-0.2, 0) is 4.79 Å². The van der Waals surface area contributed by atoms with E-state index in [0.717, 1.165) is 10.2 Å². The van der Waals surface area contributed by atoms with Gasteiger partial charge < -0.3 is 5.11 Å². The highest BCUT2D eigenvalue weighted by molar-refractivity contribution is 9.10. The van der Waals surface area contributed by atoms with Crippen molar-refractivity contribution in [1.82, 2.24) is 5.32 Å². The zero-order valence-corrected chi connectivity index (χ0v) is 11.0. The molecule has 0 radical (unpaired) electrons. The fourth-order valence-corrected chi connectivity index (χ4v) is 4.30. The van der Waals surface area contributed by atoms with Crippen molar-refractivity contribution >= 4 is 45.0 Å². The Balaban J connectivity index is 2.07. The number of aliphatic carboxylic acids is 1. The van der Waals surface area contributed by atoms with Crippen molar-refractivity contribution in [1.29, 1.82) is 0 Å². The van der Waals surface area contributed by atoms with E-state index in [1.807, 2.05) is 11.4 Å². The third kappa shape index (κ3) is 2.75. The summed E-state index contributed by atoms with van der Waals surface area (Å²) in [5.41, 5.74) is 0. The van der Waals surface area contributed by atoms with Gasteiger partial charge in [-0.3, -0.25) is 10.1 Å². The van der Waals surface area contributed by atoms with E-state index >= 15 is 0 Å². The van der Waals surface area contributed by atoms with Gasteiger partial charge in [0.25, 0.3) is 0 Å². The van der Waals surface area contributed by atoms with Crippen LogP contribution in [0.25, 0.3) is 0 Å². The van der Waals surface area contributed by atoms with Gasteiger partial charge in [0, 0.05) is 14.7 Å². The topological polar surface area (TPSA) is 49.3 Å². The van der Waals surface area contributed by atoms with Crippen molar-refractivity contribution in [2.45, 2.75) is 17.8 Å². The van der Waals surface area contributed by atoms with Gasteiger partial charge in [0.15, 0.2) is 0 Å². The molecule has 1 aliphatic rings. The number of rotatable bonds is 2. The molecule has 0 saturated carbocycles. The molecule has 15 heavy (non-hydrogen) atoms. The second-order valence-corrected chi connectivity index (χ2v) is 6.34. The Hall–Kier alpha value is -0.0400. The van der Waals surface area contributed by atoms with Gasteiger partial charge in [-0.1, -0.05) is 0 Å². The summed E-state index contributed by atoms with van der Waals surface area (Å²) >= 11 is 6.81. The Morgan fingerprint density at radius 2 is 2.47 bits per heavy atom. The highest BCUT2D eigenvalue weighted by Gasteiger charge is 2.27. The summed E-state index contributed by atoms with van der Waals surface area (Å²) in [5, 5.41) is 14.2. The highest BCUT2D eigenvalue weighted by Crippen LogP contribution is 2.36. The molecule has 0 aromatic carbocycles. The van der Waals surface area contributed by atoms with Crippen LogP contribution in [0.3, 0.4) is 0 Å². The number of carboxylic acid groups (broad SMARTS) is 1. The maximum absolute atomic E-state index is 10.9. The second-order valence-electron chi connectivity index (χ2n) is 3.26. The monoisotopic (exact) mass is 307 g/mol. The van der Waals surface area contributed by atoms with E-state index in [0.29, 0.717) is 6.42 Å². The SMILES string of the molecule is O=C(O)C1CCSC(c2cc(Br)cs2)N1. The largest absolute Gasteiger partial charge is 0.480 e. The number of hydrogen-bond donors (Lipinski definition) is 2. The number of nitrogens with one attached hydrogen (secondary N) is 1. The minimum absolute atomic E-state index is 0.121. The minimum atomic E-state index is -0.754. The Labute approximate surface area is 104 Å². The maximum Gasteiger partial charge on any atom is 0.320 e. The molecule has 2 N–H and O–H groups in total.